The number of carbonyl (C=O) groups excluding carboxylic acids is 1. The summed E-state index contributed by atoms with van der Waals surface area (Å²) >= 11 is 0. The van der Waals surface area contributed by atoms with Crippen LogP contribution < -0.4 is 4.72 Å². The first-order valence-electron chi connectivity index (χ1n) is 8.69. The third-order valence-electron chi connectivity index (χ3n) is 5.00. The Morgan fingerprint density at radius 3 is 2.88 bits per heavy atom. The molecule has 2 aromatic rings. The van der Waals surface area contributed by atoms with E-state index in [0.717, 1.165) is 29.8 Å². The van der Waals surface area contributed by atoms with Crippen LogP contribution in [0.2, 0.25) is 0 Å². The third-order valence-corrected chi connectivity index (χ3v) is 6.44. The van der Waals surface area contributed by atoms with Gasteiger partial charge in [-0.25, -0.2) is 22.6 Å². The van der Waals surface area contributed by atoms with Crippen LogP contribution in [0.25, 0.3) is 5.78 Å². The van der Waals surface area contributed by atoms with Crippen LogP contribution in [0.1, 0.15) is 36.2 Å². The fourth-order valence-electron chi connectivity index (χ4n) is 3.57. The summed E-state index contributed by atoms with van der Waals surface area (Å²) < 4.78 is 27.6. The summed E-state index contributed by atoms with van der Waals surface area (Å²) in [5, 5.41) is 4.16. The van der Waals surface area contributed by atoms with Crippen molar-refractivity contribution in [2.45, 2.75) is 45.6 Å². The van der Waals surface area contributed by atoms with E-state index in [1.165, 1.54) is 13.4 Å². The molecule has 0 bridgehead atoms. The van der Waals surface area contributed by atoms with Gasteiger partial charge in [-0.3, -0.25) is 4.79 Å². The summed E-state index contributed by atoms with van der Waals surface area (Å²) in [7, 11) is -1.94. The van der Waals surface area contributed by atoms with Crippen LogP contribution in [0.4, 0.5) is 0 Å². The van der Waals surface area contributed by atoms with Gasteiger partial charge in [-0.05, 0) is 45.7 Å². The minimum atomic E-state index is -3.34. The highest BCUT2D eigenvalue weighted by atomic mass is 32.2. The minimum Gasteiger partial charge on any atom is -0.339 e. The van der Waals surface area contributed by atoms with Crippen molar-refractivity contribution in [1.29, 1.82) is 0 Å². The molecule has 3 rings (SSSR count). The first-order valence-corrected chi connectivity index (χ1v) is 10.3. The maximum absolute atomic E-state index is 12.7. The summed E-state index contributed by atoms with van der Waals surface area (Å²) in [4.78, 5) is 22.9. The molecule has 0 radical (unpaired) electrons. The van der Waals surface area contributed by atoms with Gasteiger partial charge in [0.2, 0.25) is 15.9 Å². The number of aryl methyl sites for hydroxylation is 2. The number of sulfonamides is 1. The van der Waals surface area contributed by atoms with Gasteiger partial charge < -0.3 is 4.90 Å². The van der Waals surface area contributed by atoms with Crippen LogP contribution in [0.5, 0.6) is 0 Å². The molecule has 0 spiro atoms. The smallest absolute Gasteiger partial charge is 0.252 e. The summed E-state index contributed by atoms with van der Waals surface area (Å²) in [6.45, 7) is 4.45. The predicted molar refractivity (Wildman–Crippen MR) is 96.2 cm³/mol. The molecule has 1 saturated heterocycles. The minimum absolute atomic E-state index is 0.0173. The summed E-state index contributed by atoms with van der Waals surface area (Å²) in [5.74, 6) is 0.489. The van der Waals surface area contributed by atoms with Gasteiger partial charge in [0, 0.05) is 30.4 Å². The maximum Gasteiger partial charge on any atom is 0.252 e. The lowest BCUT2D eigenvalue weighted by Crippen LogP contribution is -2.41. The first-order chi connectivity index (χ1) is 12.3. The normalized spacial score (nSPS) is 18.0. The molecule has 9 nitrogen and oxygen atoms in total. The lowest BCUT2D eigenvalue weighted by molar-refractivity contribution is -0.131. The van der Waals surface area contributed by atoms with E-state index in [4.69, 9.17) is 0 Å². The zero-order valence-electron chi connectivity index (χ0n) is 15.3. The van der Waals surface area contributed by atoms with E-state index < -0.39 is 10.0 Å². The van der Waals surface area contributed by atoms with E-state index >= 15 is 0 Å². The van der Waals surface area contributed by atoms with E-state index in [1.807, 2.05) is 13.8 Å². The van der Waals surface area contributed by atoms with Gasteiger partial charge >= 0.3 is 0 Å². The monoisotopic (exact) mass is 380 g/mol. The SMILES string of the molecule is CNS(=O)(=O)CC1CCCN1C(=O)CCc1c(C)nc2ncnn2c1C. The third kappa shape index (κ3) is 3.70. The zero-order chi connectivity index (χ0) is 18.9. The Kier molecular flexibility index (Phi) is 5.24. The van der Waals surface area contributed by atoms with Crippen molar-refractivity contribution in [3.05, 3.63) is 23.3 Å². The molecule has 1 aliphatic rings. The van der Waals surface area contributed by atoms with Gasteiger partial charge in [-0.1, -0.05) is 0 Å². The van der Waals surface area contributed by atoms with Crippen LogP contribution in [-0.2, 0) is 21.2 Å². The molecule has 1 N–H and O–H groups in total. The summed E-state index contributed by atoms with van der Waals surface area (Å²) in [6.07, 6.45) is 3.87. The molecule has 1 atom stereocenters. The molecule has 1 amide bonds. The number of nitrogens with zero attached hydrogens (tertiary/aromatic N) is 5. The lowest BCUT2D eigenvalue weighted by atomic mass is 10.1. The standard InChI is InChI=1S/C16H24N6O3S/c1-11-14(12(2)22-16(20-11)18-10-19-22)6-7-15(23)21-8-4-5-13(21)9-26(24,25)17-3/h10,13,17H,4-9H2,1-3H3. The molecular formula is C16H24N6O3S. The highest BCUT2D eigenvalue weighted by Crippen LogP contribution is 2.21. The number of nitrogens with one attached hydrogen (secondary N) is 1. The van der Waals surface area contributed by atoms with Gasteiger partial charge in [0.1, 0.15) is 6.33 Å². The van der Waals surface area contributed by atoms with Gasteiger partial charge in [-0.15, -0.1) is 0 Å². The van der Waals surface area contributed by atoms with Gasteiger partial charge in [0.15, 0.2) is 0 Å². The largest absolute Gasteiger partial charge is 0.339 e. The Bertz CT molecular complexity index is 923. The van der Waals surface area contributed by atoms with Crippen molar-refractivity contribution >= 4 is 21.7 Å². The highest BCUT2D eigenvalue weighted by molar-refractivity contribution is 7.89. The van der Waals surface area contributed by atoms with E-state index in [2.05, 4.69) is 19.8 Å². The van der Waals surface area contributed by atoms with Gasteiger partial charge in [0.05, 0.1) is 5.75 Å². The highest BCUT2D eigenvalue weighted by Gasteiger charge is 2.31. The molecule has 0 saturated carbocycles. The zero-order valence-corrected chi connectivity index (χ0v) is 16.1. The van der Waals surface area contributed by atoms with Crippen LogP contribution in [0, 0.1) is 13.8 Å². The molecule has 142 valence electrons. The topological polar surface area (TPSA) is 110 Å². The second-order valence-electron chi connectivity index (χ2n) is 6.60. The van der Waals surface area contributed by atoms with Crippen LogP contribution in [-0.4, -0.2) is 64.2 Å². The molecule has 1 aliphatic heterocycles. The van der Waals surface area contributed by atoms with Crippen molar-refractivity contribution in [1.82, 2.24) is 29.2 Å². The predicted octanol–water partition coefficient (Wildman–Crippen LogP) is 0.214. The average molecular weight is 380 g/mol. The van der Waals surface area contributed by atoms with E-state index in [1.54, 1.807) is 9.42 Å². The molecular weight excluding hydrogens is 356 g/mol. The maximum atomic E-state index is 12.7. The Hall–Kier alpha value is -2.07. The van der Waals surface area contributed by atoms with Crippen LogP contribution in [0.3, 0.4) is 0 Å². The van der Waals surface area contributed by atoms with E-state index in [9.17, 15) is 13.2 Å². The number of likely N-dealkylation sites (tertiary alicyclic amines) is 1. The summed E-state index contributed by atoms with van der Waals surface area (Å²) in [5.41, 5.74) is 2.75. The number of aromatic nitrogens is 4. The molecule has 3 heterocycles. The number of carbonyl (C=O) groups is 1. The Morgan fingerprint density at radius 1 is 1.38 bits per heavy atom. The second-order valence-corrected chi connectivity index (χ2v) is 8.57. The van der Waals surface area contributed by atoms with Crippen molar-refractivity contribution < 1.29 is 13.2 Å². The van der Waals surface area contributed by atoms with E-state index in [-0.39, 0.29) is 17.7 Å². The van der Waals surface area contributed by atoms with Crippen molar-refractivity contribution in [2.24, 2.45) is 0 Å². The molecule has 0 aliphatic carbocycles. The molecule has 0 aromatic carbocycles. The lowest BCUT2D eigenvalue weighted by Gasteiger charge is -2.24. The molecule has 1 unspecified atom stereocenters. The van der Waals surface area contributed by atoms with Crippen molar-refractivity contribution in [2.75, 3.05) is 19.3 Å². The Labute approximate surface area is 152 Å². The first kappa shape index (κ1) is 18.7. The molecule has 10 heteroatoms. The number of amides is 1. The fraction of sp³-hybridized carbons (Fsp3) is 0.625. The van der Waals surface area contributed by atoms with Crippen molar-refractivity contribution in [3.8, 4) is 0 Å². The van der Waals surface area contributed by atoms with Gasteiger partial charge in [-0.2, -0.15) is 10.1 Å². The van der Waals surface area contributed by atoms with E-state index in [0.29, 0.717) is 25.2 Å². The summed E-state index contributed by atoms with van der Waals surface area (Å²) in [6, 6.07) is -0.252. The number of fused-ring (bicyclic) bond motifs is 1. The Morgan fingerprint density at radius 2 is 2.15 bits per heavy atom. The number of rotatable bonds is 6. The quantitative estimate of drug-likeness (QED) is 0.767. The van der Waals surface area contributed by atoms with Crippen LogP contribution >= 0.6 is 0 Å². The molecule has 1 fully saturated rings. The van der Waals surface area contributed by atoms with Crippen molar-refractivity contribution in [3.63, 3.8) is 0 Å². The number of hydrogen-bond donors (Lipinski definition) is 1. The van der Waals surface area contributed by atoms with Crippen LogP contribution in [0.15, 0.2) is 6.33 Å². The fourth-order valence-corrected chi connectivity index (χ4v) is 4.59. The molecule has 26 heavy (non-hydrogen) atoms. The van der Waals surface area contributed by atoms with Gasteiger partial charge in [0.25, 0.3) is 5.78 Å². The molecule has 2 aromatic heterocycles. The Balaban J connectivity index is 1.71. The second kappa shape index (κ2) is 7.28. The number of hydrogen-bond acceptors (Lipinski definition) is 6. The average Bonchev–Trinajstić information content (AvgIpc) is 3.23.